The Morgan fingerprint density at radius 2 is 1.26 bits per heavy atom. The molecule has 2 unspecified atom stereocenters. The summed E-state index contributed by atoms with van der Waals surface area (Å²) in [6.45, 7) is 5.47. The van der Waals surface area contributed by atoms with Crippen LogP contribution >= 0.6 is 31.9 Å². The number of methoxy groups -OCH3 is 2. The van der Waals surface area contributed by atoms with Crippen molar-refractivity contribution in [1.29, 1.82) is 0 Å². The van der Waals surface area contributed by atoms with Crippen LogP contribution in [0.4, 0.5) is 0 Å². The molecule has 47 heavy (non-hydrogen) atoms. The fourth-order valence-corrected chi connectivity index (χ4v) is 6.53. The van der Waals surface area contributed by atoms with E-state index in [0.29, 0.717) is 37.6 Å². The van der Waals surface area contributed by atoms with Gasteiger partial charge in [-0.1, -0.05) is 74.3 Å². The van der Waals surface area contributed by atoms with E-state index in [2.05, 4.69) is 38.4 Å². The van der Waals surface area contributed by atoms with Gasteiger partial charge in [-0.3, -0.25) is 9.59 Å². The van der Waals surface area contributed by atoms with Gasteiger partial charge in [-0.2, -0.15) is 0 Å². The topological polar surface area (TPSA) is 88.5 Å². The largest absolute Gasteiger partial charge is 0.497 e. The lowest BCUT2D eigenvalue weighted by molar-refractivity contribution is 0.0498. The fraction of sp³-hybridized carbons (Fsp3) is 0.243. The Morgan fingerprint density at radius 3 is 1.72 bits per heavy atom. The smallest absolute Gasteiger partial charge is 0.255 e. The zero-order valence-corrected chi connectivity index (χ0v) is 29.4. The second-order valence-electron chi connectivity index (χ2n) is 11.1. The molecule has 2 atom stereocenters. The minimum atomic E-state index is -0.381. The predicted molar refractivity (Wildman–Crippen MR) is 188 cm³/mol. The molecule has 10 heteroatoms. The molecule has 2 aliphatic heterocycles. The second kappa shape index (κ2) is 15.8. The summed E-state index contributed by atoms with van der Waals surface area (Å²) in [5, 5.41) is 9.81. The van der Waals surface area contributed by atoms with Gasteiger partial charge in [0.25, 0.3) is 11.8 Å². The van der Waals surface area contributed by atoms with Gasteiger partial charge in [-0.15, -0.1) is 6.58 Å². The van der Waals surface area contributed by atoms with Gasteiger partial charge in [0.15, 0.2) is 0 Å². The summed E-state index contributed by atoms with van der Waals surface area (Å²) in [6, 6.07) is 26.2. The summed E-state index contributed by atoms with van der Waals surface area (Å²) in [6.07, 6.45) is 1.71. The number of nitrogens with zero attached hydrogens (tertiary/aromatic N) is 2. The van der Waals surface area contributed by atoms with Crippen LogP contribution in [0.5, 0.6) is 11.5 Å². The molecule has 2 heterocycles. The van der Waals surface area contributed by atoms with Crippen molar-refractivity contribution >= 4 is 43.7 Å². The van der Waals surface area contributed by atoms with E-state index in [1.54, 1.807) is 25.2 Å². The quantitative estimate of drug-likeness (QED) is 0.126. The number of fused-ring (bicyclic) bond motifs is 2. The summed E-state index contributed by atoms with van der Waals surface area (Å²) in [5.74, 6) is 1.44. The number of hydrogen-bond acceptors (Lipinski definition) is 6. The number of ether oxygens (including phenoxy) is 3. The molecule has 0 spiro atoms. The molecule has 1 N–H and O–H groups in total. The number of aliphatic hydroxyl groups excluding tert-OH is 1. The first-order valence-corrected chi connectivity index (χ1v) is 16.6. The molecule has 0 bridgehead atoms. The minimum absolute atomic E-state index is 0.0197. The summed E-state index contributed by atoms with van der Waals surface area (Å²) >= 11 is 6.83. The molecule has 2 amide bonds. The number of rotatable bonds is 11. The van der Waals surface area contributed by atoms with Crippen LogP contribution in [-0.4, -0.2) is 60.8 Å². The normalized spacial score (nSPS) is 14.6. The maximum atomic E-state index is 12.9. The second-order valence-corrected chi connectivity index (χ2v) is 12.9. The molecule has 0 radical (unpaired) electrons. The van der Waals surface area contributed by atoms with Crippen molar-refractivity contribution in [3.63, 3.8) is 0 Å². The van der Waals surface area contributed by atoms with Gasteiger partial charge >= 0.3 is 0 Å². The third-order valence-electron chi connectivity index (χ3n) is 8.20. The SMILES string of the molecule is C=CCOCC(c1cccc(OC)c1)N1Cc2ccc(Br)cc2C1=O.COc1cccc(C(CO)N2Cc3ccc(Br)cc3C2=O)c1. The third-order valence-corrected chi connectivity index (χ3v) is 9.19. The lowest BCUT2D eigenvalue weighted by Gasteiger charge is -2.28. The molecular weight excluding hydrogens is 728 g/mol. The molecular formula is C37H36Br2N2O6. The summed E-state index contributed by atoms with van der Waals surface area (Å²) in [7, 11) is 3.23. The highest BCUT2D eigenvalue weighted by Gasteiger charge is 2.35. The van der Waals surface area contributed by atoms with E-state index in [1.165, 1.54) is 0 Å². The number of halogens is 2. The van der Waals surface area contributed by atoms with Crippen molar-refractivity contribution in [2.45, 2.75) is 25.2 Å². The number of carbonyl (C=O) groups excluding carboxylic acids is 2. The molecule has 0 saturated heterocycles. The molecule has 4 aromatic carbocycles. The Labute approximate surface area is 291 Å². The lowest BCUT2D eigenvalue weighted by Crippen LogP contribution is -2.32. The van der Waals surface area contributed by atoms with Crippen molar-refractivity contribution in [2.75, 3.05) is 34.0 Å². The lowest BCUT2D eigenvalue weighted by atomic mass is 10.1. The maximum Gasteiger partial charge on any atom is 0.255 e. The molecule has 0 aliphatic carbocycles. The van der Waals surface area contributed by atoms with Crippen LogP contribution in [0, 0.1) is 0 Å². The van der Waals surface area contributed by atoms with Crippen LogP contribution in [0.25, 0.3) is 0 Å². The third kappa shape index (κ3) is 7.79. The van der Waals surface area contributed by atoms with Gasteiger partial charge in [0, 0.05) is 33.2 Å². The molecule has 6 rings (SSSR count). The zero-order chi connectivity index (χ0) is 33.5. The van der Waals surface area contributed by atoms with Crippen LogP contribution in [-0.2, 0) is 17.8 Å². The van der Waals surface area contributed by atoms with E-state index >= 15 is 0 Å². The first-order valence-electron chi connectivity index (χ1n) is 15.0. The molecule has 0 aromatic heterocycles. The van der Waals surface area contributed by atoms with Crippen molar-refractivity contribution in [1.82, 2.24) is 9.80 Å². The standard InChI is InChI=1S/C20H20BrNO3.C17H16BrNO3/c1-3-9-25-13-19(14-5-4-6-17(10-14)24-2)22-12-15-7-8-16(21)11-18(15)20(22)23;1-22-14-4-2-3-11(7-14)16(10-20)19-9-12-5-6-13(18)8-15(12)17(19)21/h3-8,10-11,19H,1,9,12-13H2,2H3;2-8,16,20H,9-10H2,1H3. The predicted octanol–water partition coefficient (Wildman–Crippen LogP) is 7.50. The Hall–Kier alpha value is -3.96. The van der Waals surface area contributed by atoms with Gasteiger partial charge in [-0.25, -0.2) is 0 Å². The molecule has 2 aliphatic rings. The summed E-state index contributed by atoms with van der Waals surface area (Å²) in [4.78, 5) is 29.1. The first kappa shape index (κ1) is 34.4. The Morgan fingerprint density at radius 1 is 0.766 bits per heavy atom. The minimum Gasteiger partial charge on any atom is -0.497 e. The van der Waals surface area contributed by atoms with Gasteiger partial charge in [0.2, 0.25) is 0 Å². The summed E-state index contributed by atoms with van der Waals surface area (Å²) in [5.41, 5.74) is 5.30. The van der Waals surface area contributed by atoms with E-state index in [1.807, 2.05) is 89.8 Å². The van der Waals surface area contributed by atoms with Crippen molar-refractivity contribution in [3.8, 4) is 11.5 Å². The fourth-order valence-electron chi connectivity index (χ4n) is 5.81. The Balaban J connectivity index is 0.000000186. The average Bonchev–Trinajstić information content (AvgIpc) is 3.59. The highest BCUT2D eigenvalue weighted by Crippen LogP contribution is 2.35. The van der Waals surface area contributed by atoms with Gasteiger partial charge < -0.3 is 29.1 Å². The summed E-state index contributed by atoms with van der Waals surface area (Å²) < 4.78 is 18.0. The van der Waals surface area contributed by atoms with E-state index in [-0.39, 0.29) is 30.5 Å². The highest BCUT2D eigenvalue weighted by molar-refractivity contribution is 9.10. The molecule has 244 valence electrons. The average molecular weight is 765 g/mol. The number of carbonyl (C=O) groups is 2. The number of amides is 2. The van der Waals surface area contributed by atoms with Crippen LogP contribution in [0.3, 0.4) is 0 Å². The Bertz CT molecular complexity index is 1760. The van der Waals surface area contributed by atoms with Crippen molar-refractivity contribution < 1.29 is 28.9 Å². The van der Waals surface area contributed by atoms with Gasteiger partial charge in [-0.05, 0) is 70.8 Å². The number of benzene rings is 4. The van der Waals surface area contributed by atoms with Crippen LogP contribution in [0.2, 0.25) is 0 Å². The molecule has 4 aromatic rings. The van der Waals surface area contributed by atoms with E-state index in [4.69, 9.17) is 14.2 Å². The number of hydrogen-bond donors (Lipinski definition) is 1. The molecule has 0 fully saturated rings. The van der Waals surface area contributed by atoms with E-state index < -0.39 is 0 Å². The van der Waals surface area contributed by atoms with Crippen LogP contribution < -0.4 is 9.47 Å². The monoisotopic (exact) mass is 762 g/mol. The maximum absolute atomic E-state index is 12.9. The van der Waals surface area contributed by atoms with Crippen molar-refractivity contribution in [3.05, 3.63) is 140 Å². The van der Waals surface area contributed by atoms with E-state index in [0.717, 1.165) is 42.5 Å². The molecule has 8 nitrogen and oxygen atoms in total. The van der Waals surface area contributed by atoms with E-state index in [9.17, 15) is 14.7 Å². The van der Waals surface area contributed by atoms with Crippen LogP contribution in [0.15, 0.2) is 107 Å². The Kier molecular flexibility index (Phi) is 11.5. The van der Waals surface area contributed by atoms with Gasteiger partial charge in [0.1, 0.15) is 11.5 Å². The van der Waals surface area contributed by atoms with Crippen molar-refractivity contribution in [2.24, 2.45) is 0 Å². The molecule has 0 saturated carbocycles. The van der Waals surface area contributed by atoms with Crippen LogP contribution in [0.1, 0.15) is 55.1 Å². The van der Waals surface area contributed by atoms with Gasteiger partial charge in [0.05, 0.1) is 46.1 Å². The number of aliphatic hydroxyl groups is 1. The first-order chi connectivity index (χ1) is 22.8. The highest BCUT2D eigenvalue weighted by atomic mass is 79.9. The zero-order valence-electron chi connectivity index (χ0n) is 26.2.